The van der Waals surface area contributed by atoms with Crippen molar-refractivity contribution in [3.05, 3.63) is 29.6 Å². The van der Waals surface area contributed by atoms with Gasteiger partial charge in [0.1, 0.15) is 5.82 Å². The van der Waals surface area contributed by atoms with Crippen molar-refractivity contribution < 1.29 is 17.5 Å². The number of hydrogen-bond donors (Lipinski definition) is 1. The Kier molecular flexibility index (Phi) is 4.43. The third kappa shape index (κ3) is 3.17. The summed E-state index contributed by atoms with van der Waals surface area (Å²) in [7, 11) is -0.299. The summed E-state index contributed by atoms with van der Waals surface area (Å²) in [6.07, 6.45) is -0.204. The van der Waals surface area contributed by atoms with Crippen molar-refractivity contribution in [2.24, 2.45) is 0 Å². The third-order valence-electron chi connectivity index (χ3n) is 3.51. The number of hydrogen-bond acceptors (Lipinski definition) is 4. The van der Waals surface area contributed by atoms with Crippen molar-refractivity contribution in [2.75, 3.05) is 27.2 Å². The Morgan fingerprint density at radius 2 is 2.10 bits per heavy atom. The molecule has 2 rings (SSSR count). The van der Waals surface area contributed by atoms with Gasteiger partial charge in [-0.2, -0.15) is 0 Å². The number of methoxy groups -OCH3 is 1. The highest BCUT2D eigenvalue weighted by Gasteiger charge is 2.34. The predicted octanol–water partition coefficient (Wildman–Crippen LogP) is 0.741. The van der Waals surface area contributed by atoms with Gasteiger partial charge < -0.3 is 9.64 Å². The highest BCUT2D eigenvalue weighted by Crippen LogP contribution is 2.17. The second kappa shape index (κ2) is 5.77. The summed E-state index contributed by atoms with van der Waals surface area (Å²) >= 11 is 0. The van der Waals surface area contributed by atoms with Crippen LogP contribution in [0.25, 0.3) is 0 Å². The minimum atomic E-state index is -3.75. The van der Waals surface area contributed by atoms with Crippen LogP contribution in [-0.4, -0.2) is 52.7 Å². The minimum Gasteiger partial charge on any atom is -0.378 e. The second-order valence-electron chi connectivity index (χ2n) is 5.13. The van der Waals surface area contributed by atoms with Gasteiger partial charge in [-0.25, -0.2) is 17.5 Å². The molecule has 0 unspecified atom stereocenters. The van der Waals surface area contributed by atoms with Gasteiger partial charge in [0.2, 0.25) is 10.0 Å². The number of rotatable bonds is 4. The highest BCUT2D eigenvalue weighted by atomic mass is 32.2. The van der Waals surface area contributed by atoms with Crippen LogP contribution in [0.15, 0.2) is 23.1 Å². The van der Waals surface area contributed by atoms with Crippen molar-refractivity contribution in [1.29, 1.82) is 0 Å². The standard InChI is InChI=1S/C13H19FN2O3S/c1-9-4-5-10(6-11(9)14)20(17,18)15-12-7-16(2)8-13(12)19-3/h4-6,12-13,15H,7-8H2,1-3H3/t12-,13-/m0/s1. The van der Waals surface area contributed by atoms with Crippen molar-refractivity contribution in [3.63, 3.8) is 0 Å². The molecule has 20 heavy (non-hydrogen) atoms. The van der Waals surface area contributed by atoms with E-state index in [-0.39, 0.29) is 17.0 Å². The molecule has 0 bridgehead atoms. The minimum absolute atomic E-state index is 0.0648. The van der Waals surface area contributed by atoms with Crippen molar-refractivity contribution in [1.82, 2.24) is 9.62 Å². The lowest BCUT2D eigenvalue weighted by atomic mass is 10.2. The first-order chi connectivity index (χ1) is 9.33. The van der Waals surface area contributed by atoms with Crippen molar-refractivity contribution in [2.45, 2.75) is 24.0 Å². The zero-order valence-corrected chi connectivity index (χ0v) is 12.6. The number of benzene rings is 1. The van der Waals surface area contributed by atoms with Gasteiger partial charge >= 0.3 is 0 Å². The average Bonchev–Trinajstić information content (AvgIpc) is 2.72. The lowest BCUT2D eigenvalue weighted by Gasteiger charge is -2.18. The molecule has 0 spiro atoms. The van der Waals surface area contributed by atoms with E-state index in [1.54, 1.807) is 14.0 Å². The van der Waals surface area contributed by atoms with Gasteiger partial charge in [-0.15, -0.1) is 0 Å². The zero-order valence-electron chi connectivity index (χ0n) is 11.8. The van der Waals surface area contributed by atoms with Crippen LogP contribution in [0.5, 0.6) is 0 Å². The SMILES string of the molecule is CO[C@H]1CN(C)C[C@@H]1NS(=O)(=O)c1ccc(C)c(F)c1. The fraction of sp³-hybridized carbons (Fsp3) is 0.538. The summed E-state index contributed by atoms with van der Waals surface area (Å²) in [5.41, 5.74) is 0.416. The Balaban J connectivity index is 2.20. The van der Waals surface area contributed by atoms with Crippen LogP contribution < -0.4 is 4.72 Å². The van der Waals surface area contributed by atoms with E-state index >= 15 is 0 Å². The van der Waals surface area contributed by atoms with Crippen LogP contribution in [0.2, 0.25) is 0 Å². The number of nitrogens with one attached hydrogen (secondary N) is 1. The van der Waals surface area contributed by atoms with Gasteiger partial charge in [0.15, 0.2) is 0 Å². The van der Waals surface area contributed by atoms with Crippen LogP contribution in [0.3, 0.4) is 0 Å². The number of halogens is 1. The molecule has 0 aromatic heterocycles. The summed E-state index contributed by atoms with van der Waals surface area (Å²) in [5, 5.41) is 0. The van der Waals surface area contributed by atoms with Crippen LogP contribution >= 0.6 is 0 Å². The molecule has 1 saturated heterocycles. The smallest absolute Gasteiger partial charge is 0.241 e. The van der Waals surface area contributed by atoms with E-state index in [4.69, 9.17) is 4.74 Å². The van der Waals surface area contributed by atoms with Gasteiger partial charge in [0, 0.05) is 20.2 Å². The topological polar surface area (TPSA) is 58.6 Å². The van der Waals surface area contributed by atoms with E-state index in [2.05, 4.69) is 4.72 Å². The molecule has 0 radical (unpaired) electrons. The second-order valence-corrected chi connectivity index (χ2v) is 6.85. The number of sulfonamides is 1. The molecular formula is C13H19FN2O3S. The highest BCUT2D eigenvalue weighted by molar-refractivity contribution is 7.89. The number of nitrogens with zero attached hydrogens (tertiary/aromatic N) is 1. The number of aryl methyl sites for hydroxylation is 1. The molecule has 1 heterocycles. The first-order valence-electron chi connectivity index (χ1n) is 6.33. The molecule has 0 amide bonds. The molecule has 5 nitrogen and oxygen atoms in total. The van der Waals surface area contributed by atoms with Crippen LogP contribution in [0.4, 0.5) is 4.39 Å². The Bertz CT molecular complexity index is 591. The molecule has 0 saturated carbocycles. The fourth-order valence-electron chi connectivity index (χ4n) is 2.32. The summed E-state index contributed by atoms with van der Waals surface area (Å²) in [5.74, 6) is -0.528. The van der Waals surface area contributed by atoms with Gasteiger partial charge in [-0.1, -0.05) is 6.07 Å². The van der Waals surface area contributed by atoms with E-state index < -0.39 is 15.8 Å². The lowest BCUT2D eigenvalue weighted by Crippen LogP contribution is -2.43. The predicted molar refractivity (Wildman–Crippen MR) is 73.5 cm³/mol. The molecule has 1 aromatic carbocycles. The molecular weight excluding hydrogens is 283 g/mol. The van der Waals surface area contributed by atoms with E-state index in [0.29, 0.717) is 18.7 Å². The Labute approximate surface area is 118 Å². The van der Waals surface area contributed by atoms with E-state index in [1.807, 2.05) is 11.9 Å². The van der Waals surface area contributed by atoms with Crippen molar-refractivity contribution >= 4 is 10.0 Å². The van der Waals surface area contributed by atoms with Crippen LogP contribution in [-0.2, 0) is 14.8 Å². The number of likely N-dealkylation sites (N-methyl/N-ethyl adjacent to an activating group) is 1. The molecule has 7 heteroatoms. The first-order valence-corrected chi connectivity index (χ1v) is 7.81. The molecule has 112 valence electrons. The Hall–Kier alpha value is -1.02. The Morgan fingerprint density at radius 1 is 1.40 bits per heavy atom. The summed E-state index contributed by atoms with van der Waals surface area (Å²) < 4.78 is 45.9. The maximum absolute atomic E-state index is 13.5. The maximum Gasteiger partial charge on any atom is 0.241 e. The zero-order chi connectivity index (χ0) is 14.9. The molecule has 1 N–H and O–H groups in total. The monoisotopic (exact) mass is 302 g/mol. The van der Waals surface area contributed by atoms with E-state index in [0.717, 1.165) is 6.07 Å². The summed E-state index contributed by atoms with van der Waals surface area (Å²) in [6.45, 7) is 2.81. The molecule has 1 fully saturated rings. The number of likely N-dealkylation sites (tertiary alicyclic amines) is 1. The van der Waals surface area contributed by atoms with E-state index in [1.165, 1.54) is 12.1 Å². The molecule has 1 aliphatic heterocycles. The summed E-state index contributed by atoms with van der Waals surface area (Å²) in [6, 6.07) is 3.57. The molecule has 0 aliphatic carbocycles. The van der Waals surface area contributed by atoms with Crippen molar-refractivity contribution in [3.8, 4) is 0 Å². The molecule has 2 atom stereocenters. The Morgan fingerprint density at radius 3 is 2.70 bits per heavy atom. The largest absolute Gasteiger partial charge is 0.378 e. The van der Waals surface area contributed by atoms with Crippen LogP contribution in [0.1, 0.15) is 5.56 Å². The fourth-order valence-corrected chi connectivity index (χ4v) is 3.59. The average molecular weight is 302 g/mol. The van der Waals surface area contributed by atoms with Crippen LogP contribution in [0, 0.1) is 12.7 Å². The summed E-state index contributed by atoms with van der Waals surface area (Å²) in [4.78, 5) is 1.92. The lowest BCUT2D eigenvalue weighted by molar-refractivity contribution is 0.0969. The maximum atomic E-state index is 13.5. The first kappa shape index (κ1) is 15.4. The van der Waals surface area contributed by atoms with Gasteiger partial charge in [-0.3, -0.25) is 0 Å². The van der Waals surface area contributed by atoms with Gasteiger partial charge in [-0.05, 0) is 31.7 Å². The van der Waals surface area contributed by atoms with E-state index in [9.17, 15) is 12.8 Å². The quantitative estimate of drug-likeness (QED) is 0.891. The molecule has 1 aliphatic rings. The van der Waals surface area contributed by atoms with Gasteiger partial charge in [0.25, 0.3) is 0 Å². The normalized spacial score (nSPS) is 24.2. The number of ether oxygens (including phenoxy) is 1. The molecule has 1 aromatic rings. The van der Waals surface area contributed by atoms with Gasteiger partial charge in [0.05, 0.1) is 17.0 Å². The third-order valence-corrected chi connectivity index (χ3v) is 5.00.